The van der Waals surface area contributed by atoms with Gasteiger partial charge in [-0.25, -0.2) is 0 Å². The standard InChI is InChI=1S/C18H18O5/c1-19-10-4-5-11-13-9-22-14-8-17(21-3)16(20-2)7-12(14)18(13)23-15(11)6-10/h4-8,13,18H,9H2,1-3H3/t13-,18-/m1/s1. The van der Waals surface area contributed by atoms with Gasteiger partial charge in [-0.05, 0) is 12.1 Å². The number of hydrogen-bond acceptors (Lipinski definition) is 5. The lowest BCUT2D eigenvalue weighted by Gasteiger charge is -2.28. The zero-order chi connectivity index (χ0) is 16.0. The molecule has 0 aliphatic carbocycles. The molecule has 0 N–H and O–H groups in total. The number of methoxy groups -OCH3 is 3. The van der Waals surface area contributed by atoms with Crippen LogP contribution in [0.2, 0.25) is 0 Å². The van der Waals surface area contributed by atoms with Gasteiger partial charge < -0.3 is 23.7 Å². The molecule has 0 spiro atoms. The normalized spacial score (nSPS) is 20.5. The SMILES string of the molecule is COc1ccc2c(c1)O[C@@H]1c3cc(OC)c(OC)cc3OC[C@H]21. The van der Waals surface area contributed by atoms with E-state index in [1.54, 1.807) is 21.3 Å². The summed E-state index contributed by atoms with van der Waals surface area (Å²) in [5, 5.41) is 0. The van der Waals surface area contributed by atoms with Crippen LogP contribution in [0.3, 0.4) is 0 Å². The molecule has 0 aromatic heterocycles. The summed E-state index contributed by atoms with van der Waals surface area (Å²) >= 11 is 0. The Bertz CT molecular complexity index is 755. The van der Waals surface area contributed by atoms with Gasteiger partial charge in [-0.15, -0.1) is 0 Å². The molecule has 0 bridgehead atoms. The second-order valence-electron chi connectivity index (χ2n) is 5.60. The van der Waals surface area contributed by atoms with Crippen LogP contribution in [0, 0.1) is 0 Å². The van der Waals surface area contributed by atoms with Crippen LogP contribution in [-0.2, 0) is 0 Å². The van der Waals surface area contributed by atoms with Gasteiger partial charge in [-0.1, -0.05) is 6.07 Å². The maximum atomic E-state index is 6.20. The van der Waals surface area contributed by atoms with Gasteiger partial charge in [0.2, 0.25) is 0 Å². The Balaban J connectivity index is 1.77. The van der Waals surface area contributed by atoms with Crippen LogP contribution in [0.1, 0.15) is 23.1 Å². The molecule has 0 saturated carbocycles. The van der Waals surface area contributed by atoms with Crippen LogP contribution in [0.25, 0.3) is 0 Å². The molecule has 2 heterocycles. The van der Waals surface area contributed by atoms with E-state index in [4.69, 9.17) is 23.7 Å². The first-order valence-electron chi connectivity index (χ1n) is 7.48. The molecule has 0 saturated heterocycles. The summed E-state index contributed by atoms with van der Waals surface area (Å²) in [6.07, 6.45) is -0.0827. The summed E-state index contributed by atoms with van der Waals surface area (Å²) in [6.45, 7) is 0.576. The van der Waals surface area contributed by atoms with Crippen molar-refractivity contribution in [2.75, 3.05) is 27.9 Å². The predicted octanol–water partition coefficient (Wildman–Crippen LogP) is 3.32. The molecule has 0 unspecified atom stereocenters. The average molecular weight is 314 g/mol. The van der Waals surface area contributed by atoms with Crippen molar-refractivity contribution in [1.82, 2.24) is 0 Å². The van der Waals surface area contributed by atoms with Crippen molar-refractivity contribution < 1.29 is 23.7 Å². The lowest BCUT2D eigenvalue weighted by Crippen LogP contribution is -2.23. The summed E-state index contributed by atoms with van der Waals surface area (Å²) in [7, 11) is 4.89. The Morgan fingerprint density at radius 1 is 0.870 bits per heavy atom. The summed E-state index contributed by atoms with van der Waals surface area (Å²) in [5.41, 5.74) is 2.13. The quantitative estimate of drug-likeness (QED) is 0.869. The van der Waals surface area contributed by atoms with Gasteiger partial charge in [0.15, 0.2) is 11.5 Å². The van der Waals surface area contributed by atoms with E-state index < -0.39 is 0 Å². The second-order valence-corrected chi connectivity index (χ2v) is 5.60. The summed E-state index contributed by atoms with van der Waals surface area (Å²) in [6, 6.07) is 9.72. The van der Waals surface area contributed by atoms with Crippen LogP contribution >= 0.6 is 0 Å². The fourth-order valence-electron chi connectivity index (χ4n) is 3.29. The fraction of sp³-hybridized carbons (Fsp3) is 0.333. The van der Waals surface area contributed by atoms with Crippen molar-refractivity contribution in [3.63, 3.8) is 0 Å². The number of ether oxygens (including phenoxy) is 5. The largest absolute Gasteiger partial charge is 0.497 e. The zero-order valence-electron chi connectivity index (χ0n) is 13.3. The lowest BCUT2D eigenvalue weighted by molar-refractivity contribution is 0.138. The van der Waals surface area contributed by atoms with Gasteiger partial charge in [0.25, 0.3) is 0 Å². The predicted molar refractivity (Wildman–Crippen MR) is 84.1 cm³/mol. The molecule has 5 nitrogen and oxygen atoms in total. The van der Waals surface area contributed by atoms with Crippen LogP contribution in [0.5, 0.6) is 28.7 Å². The maximum absolute atomic E-state index is 6.20. The van der Waals surface area contributed by atoms with Crippen molar-refractivity contribution >= 4 is 0 Å². The fourth-order valence-corrected chi connectivity index (χ4v) is 3.29. The molecule has 0 fully saturated rings. The maximum Gasteiger partial charge on any atom is 0.164 e. The number of rotatable bonds is 3. The molecule has 2 aromatic rings. The Labute approximate surface area is 134 Å². The number of hydrogen-bond donors (Lipinski definition) is 0. The van der Waals surface area contributed by atoms with Gasteiger partial charge in [0.05, 0.1) is 33.9 Å². The van der Waals surface area contributed by atoms with Crippen molar-refractivity contribution in [2.24, 2.45) is 0 Å². The zero-order valence-corrected chi connectivity index (χ0v) is 13.3. The summed E-state index contributed by atoms with van der Waals surface area (Å²) < 4.78 is 28.2. The van der Waals surface area contributed by atoms with E-state index in [-0.39, 0.29) is 12.0 Å². The Morgan fingerprint density at radius 2 is 1.65 bits per heavy atom. The minimum absolute atomic E-state index is 0.0827. The van der Waals surface area contributed by atoms with Crippen molar-refractivity contribution in [2.45, 2.75) is 12.0 Å². The molecule has 2 aliphatic rings. The van der Waals surface area contributed by atoms with E-state index in [0.29, 0.717) is 18.1 Å². The van der Waals surface area contributed by atoms with E-state index >= 15 is 0 Å². The molecule has 2 aliphatic heterocycles. The molecule has 0 radical (unpaired) electrons. The molecule has 120 valence electrons. The molecule has 2 aromatic carbocycles. The van der Waals surface area contributed by atoms with Crippen LogP contribution in [0.4, 0.5) is 0 Å². The highest BCUT2D eigenvalue weighted by atomic mass is 16.5. The molecule has 5 heteroatoms. The Morgan fingerprint density at radius 3 is 2.39 bits per heavy atom. The highest BCUT2D eigenvalue weighted by Gasteiger charge is 2.41. The first-order chi connectivity index (χ1) is 11.2. The van der Waals surface area contributed by atoms with Crippen LogP contribution < -0.4 is 23.7 Å². The van der Waals surface area contributed by atoms with E-state index in [1.807, 2.05) is 30.3 Å². The second kappa shape index (κ2) is 5.26. The van der Waals surface area contributed by atoms with Crippen molar-refractivity contribution in [1.29, 1.82) is 0 Å². The third-order valence-electron chi connectivity index (χ3n) is 4.48. The molecule has 2 atom stereocenters. The Kier molecular flexibility index (Phi) is 3.22. The smallest absolute Gasteiger partial charge is 0.164 e. The van der Waals surface area contributed by atoms with Crippen LogP contribution in [-0.4, -0.2) is 27.9 Å². The highest BCUT2D eigenvalue weighted by Crippen LogP contribution is 2.53. The first kappa shape index (κ1) is 14.1. The number of fused-ring (bicyclic) bond motifs is 5. The molecular formula is C18H18O5. The van der Waals surface area contributed by atoms with Gasteiger partial charge in [0.1, 0.15) is 23.4 Å². The van der Waals surface area contributed by atoms with E-state index in [1.165, 1.54) is 0 Å². The molecular weight excluding hydrogens is 296 g/mol. The summed E-state index contributed by atoms with van der Waals surface area (Å²) in [5.74, 6) is 3.92. The minimum atomic E-state index is -0.0827. The number of benzene rings is 2. The van der Waals surface area contributed by atoms with Crippen molar-refractivity contribution in [3.8, 4) is 28.7 Å². The summed E-state index contributed by atoms with van der Waals surface area (Å²) in [4.78, 5) is 0. The molecule has 23 heavy (non-hydrogen) atoms. The highest BCUT2D eigenvalue weighted by molar-refractivity contribution is 5.56. The van der Waals surface area contributed by atoms with Crippen molar-refractivity contribution in [3.05, 3.63) is 41.5 Å². The van der Waals surface area contributed by atoms with E-state index in [0.717, 1.165) is 28.4 Å². The Hall–Kier alpha value is -2.56. The van der Waals surface area contributed by atoms with E-state index in [2.05, 4.69) is 0 Å². The topological polar surface area (TPSA) is 46.2 Å². The first-order valence-corrected chi connectivity index (χ1v) is 7.48. The van der Waals surface area contributed by atoms with Crippen LogP contribution in [0.15, 0.2) is 30.3 Å². The van der Waals surface area contributed by atoms with Gasteiger partial charge in [-0.3, -0.25) is 0 Å². The van der Waals surface area contributed by atoms with Gasteiger partial charge in [-0.2, -0.15) is 0 Å². The third-order valence-corrected chi connectivity index (χ3v) is 4.48. The van der Waals surface area contributed by atoms with Gasteiger partial charge >= 0.3 is 0 Å². The average Bonchev–Trinajstić information content (AvgIpc) is 2.98. The third kappa shape index (κ3) is 2.07. The monoisotopic (exact) mass is 314 g/mol. The minimum Gasteiger partial charge on any atom is -0.497 e. The molecule has 0 amide bonds. The molecule has 4 rings (SSSR count). The van der Waals surface area contributed by atoms with Gasteiger partial charge in [0, 0.05) is 23.3 Å². The van der Waals surface area contributed by atoms with E-state index in [9.17, 15) is 0 Å². The lowest BCUT2D eigenvalue weighted by atomic mass is 9.89.